The zero-order valence-corrected chi connectivity index (χ0v) is 22.5. The summed E-state index contributed by atoms with van der Waals surface area (Å²) < 4.78 is 0. The lowest BCUT2D eigenvalue weighted by Crippen LogP contribution is -2.36. The molecule has 0 aliphatic carbocycles. The standard InChI is InChI=1S/C32H44N2O3/c1-3-4-5-6-7-8-9-10-11-12-13-14-15-16-17-18-19-20-21-26-31(36)34(2)28-27-33-32(37)29-24-22-23-25-30(29)35/h4-5,7-8,10-11,13-14,16-17,19-20,22-25,35H,3,6,9,12,15,18,21,26-28H2,1-2H3,(H,33,37). The van der Waals surface area contributed by atoms with Crippen LogP contribution in [0.3, 0.4) is 0 Å². The lowest BCUT2D eigenvalue weighted by Gasteiger charge is -2.17. The Morgan fingerprint density at radius 2 is 1.27 bits per heavy atom. The first-order valence-corrected chi connectivity index (χ1v) is 13.3. The highest BCUT2D eigenvalue weighted by molar-refractivity contribution is 5.96. The van der Waals surface area contributed by atoms with E-state index in [0.717, 1.165) is 38.5 Å². The molecule has 0 radical (unpaired) electrons. The van der Waals surface area contributed by atoms with E-state index < -0.39 is 0 Å². The minimum absolute atomic E-state index is 0.0383. The number of nitrogens with one attached hydrogen (secondary N) is 1. The van der Waals surface area contributed by atoms with Gasteiger partial charge in [-0.3, -0.25) is 9.59 Å². The van der Waals surface area contributed by atoms with Crippen LogP contribution in [-0.4, -0.2) is 42.0 Å². The molecular formula is C32H44N2O3. The van der Waals surface area contributed by atoms with Gasteiger partial charge in [0.2, 0.25) is 5.91 Å². The predicted molar refractivity (Wildman–Crippen MR) is 156 cm³/mol. The molecule has 0 heterocycles. The molecular weight excluding hydrogens is 460 g/mol. The van der Waals surface area contributed by atoms with Crippen molar-refractivity contribution in [2.24, 2.45) is 0 Å². The molecule has 0 bridgehead atoms. The molecule has 0 fully saturated rings. The Kier molecular flexibility index (Phi) is 18.4. The third kappa shape index (κ3) is 16.7. The Labute approximate surface area is 223 Å². The average molecular weight is 505 g/mol. The topological polar surface area (TPSA) is 69.6 Å². The number of phenols is 1. The van der Waals surface area contributed by atoms with Crippen LogP contribution in [0.25, 0.3) is 0 Å². The number of carbonyl (C=O) groups excluding carboxylic acids is 2. The molecule has 0 atom stereocenters. The second-order valence-electron chi connectivity index (χ2n) is 8.54. The summed E-state index contributed by atoms with van der Waals surface area (Å²) >= 11 is 0. The molecule has 1 aromatic rings. The number of likely N-dealkylation sites (N-methyl/N-ethyl adjacent to an activating group) is 1. The minimum Gasteiger partial charge on any atom is -0.507 e. The highest BCUT2D eigenvalue weighted by atomic mass is 16.3. The van der Waals surface area contributed by atoms with Crippen LogP contribution in [0.1, 0.15) is 68.6 Å². The predicted octanol–water partition coefficient (Wildman–Crippen LogP) is 7.06. The second kappa shape index (κ2) is 21.7. The number of hydrogen-bond acceptors (Lipinski definition) is 3. The normalized spacial score (nSPS) is 12.3. The maximum absolute atomic E-state index is 12.2. The lowest BCUT2D eigenvalue weighted by molar-refractivity contribution is -0.129. The third-order valence-electron chi connectivity index (χ3n) is 5.43. The molecule has 0 spiro atoms. The van der Waals surface area contributed by atoms with E-state index in [1.165, 1.54) is 6.07 Å². The van der Waals surface area contributed by atoms with E-state index in [9.17, 15) is 14.7 Å². The zero-order valence-electron chi connectivity index (χ0n) is 22.5. The Bertz CT molecular complexity index is 955. The fourth-order valence-electron chi connectivity index (χ4n) is 3.26. The smallest absolute Gasteiger partial charge is 0.255 e. The Balaban J connectivity index is 2.06. The maximum atomic E-state index is 12.2. The van der Waals surface area contributed by atoms with Crippen LogP contribution in [-0.2, 0) is 4.79 Å². The van der Waals surface area contributed by atoms with Crippen molar-refractivity contribution < 1.29 is 14.7 Å². The number of amides is 2. The van der Waals surface area contributed by atoms with Gasteiger partial charge < -0.3 is 15.3 Å². The quantitative estimate of drug-likeness (QED) is 0.210. The molecule has 1 aromatic carbocycles. The van der Waals surface area contributed by atoms with Gasteiger partial charge in [0.05, 0.1) is 5.56 Å². The van der Waals surface area contributed by atoms with Gasteiger partial charge >= 0.3 is 0 Å². The van der Waals surface area contributed by atoms with Gasteiger partial charge in [-0.2, -0.15) is 0 Å². The number of benzene rings is 1. The molecule has 0 unspecified atom stereocenters. The van der Waals surface area contributed by atoms with Crippen molar-refractivity contribution in [2.45, 2.75) is 58.3 Å². The van der Waals surface area contributed by atoms with Gasteiger partial charge in [-0.05, 0) is 57.1 Å². The number of rotatable bonds is 18. The molecule has 0 aliphatic rings. The van der Waals surface area contributed by atoms with Crippen LogP contribution in [0.15, 0.2) is 97.2 Å². The number of aromatic hydroxyl groups is 1. The third-order valence-corrected chi connectivity index (χ3v) is 5.43. The van der Waals surface area contributed by atoms with Gasteiger partial charge in [0, 0.05) is 26.6 Å². The van der Waals surface area contributed by atoms with Crippen LogP contribution in [0.2, 0.25) is 0 Å². The van der Waals surface area contributed by atoms with E-state index in [1.807, 2.05) is 6.08 Å². The SMILES string of the molecule is CCC=CCC=CCC=CCC=CCC=CCC=CCCC(=O)N(C)CCNC(=O)c1ccccc1O. The van der Waals surface area contributed by atoms with Crippen molar-refractivity contribution in [3.05, 3.63) is 103 Å². The fourth-order valence-corrected chi connectivity index (χ4v) is 3.26. The van der Waals surface area contributed by atoms with Crippen molar-refractivity contribution in [1.29, 1.82) is 0 Å². The van der Waals surface area contributed by atoms with Crippen LogP contribution in [0, 0.1) is 0 Å². The summed E-state index contributed by atoms with van der Waals surface area (Å²) in [5, 5.41) is 12.4. The molecule has 2 N–H and O–H groups in total. The summed E-state index contributed by atoms with van der Waals surface area (Å²) in [6, 6.07) is 6.39. The first-order chi connectivity index (χ1) is 18.1. The van der Waals surface area contributed by atoms with Crippen molar-refractivity contribution in [1.82, 2.24) is 10.2 Å². The van der Waals surface area contributed by atoms with Crippen molar-refractivity contribution >= 4 is 11.8 Å². The first kappa shape index (κ1) is 31.4. The summed E-state index contributed by atoms with van der Waals surface area (Å²) in [6.45, 7) is 2.89. The first-order valence-electron chi connectivity index (χ1n) is 13.3. The van der Waals surface area contributed by atoms with Gasteiger partial charge in [-0.15, -0.1) is 0 Å². The molecule has 0 aliphatic heterocycles. The molecule has 200 valence electrons. The number of allylic oxidation sites excluding steroid dienone is 12. The van der Waals surface area contributed by atoms with E-state index in [-0.39, 0.29) is 23.1 Å². The van der Waals surface area contributed by atoms with Crippen LogP contribution < -0.4 is 5.32 Å². The molecule has 5 heteroatoms. The molecule has 0 saturated carbocycles. The van der Waals surface area contributed by atoms with E-state index in [2.05, 4.69) is 79.1 Å². The minimum atomic E-state index is -0.350. The van der Waals surface area contributed by atoms with Crippen molar-refractivity contribution in [2.75, 3.05) is 20.1 Å². The molecule has 0 saturated heterocycles. The van der Waals surface area contributed by atoms with Crippen molar-refractivity contribution in [3.63, 3.8) is 0 Å². The number of phenolic OH excluding ortho intramolecular Hbond substituents is 1. The number of hydrogen-bond donors (Lipinski definition) is 2. The average Bonchev–Trinajstić information content (AvgIpc) is 2.90. The molecule has 0 aromatic heterocycles. The summed E-state index contributed by atoms with van der Waals surface area (Å²) in [5.41, 5.74) is 0.231. The fraction of sp³-hybridized carbons (Fsp3) is 0.375. The zero-order chi connectivity index (χ0) is 27.0. The van der Waals surface area contributed by atoms with Crippen molar-refractivity contribution in [3.8, 4) is 5.75 Å². The summed E-state index contributed by atoms with van der Waals surface area (Å²) in [7, 11) is 1.73. The molecule has 37 heavy (non-hydrogen) atoms. The highest BCUT2D eigenvalue weighted by Crippen LogP contribution is 2.14. The van der Waals surface area contributed by atoms with Gasteiger partial charge in [-0.25, -0.2) is 0 Å². The van der Waals surface area contributed by atoms with Crippen LogP contribution in [0.5, 0.6) is 5.75 Å². The highest BCUT2D eigenvalue weighted by Gasteiger charge is 2.11. The second-order valence-corrected chi connectivity index (χ2v) is 8.54. The number of nitrogens with zero attached hydrogens (tertiary/aromatic N) is 1. The van der Waals surface area contributed by atoms with Gasteiger partial charge in [0.15, 0.2) is 0 Å². The Morgan fingerprint density at radius 3 is 1.78 bits per heavy atom. The number of carbonyl (C=O) groups is 2. The van der Waals surface area contributed by atoms with E-state index in [0.29, 0.717) is 25.9 Å². The largest absolute Gasteiger partial charge is 0.507 e. The molecule has 5 nitrogen and oxygen atoms in total. The van der Waals surface area contributed by atoms with E-state index in [1.54, 1.807) is 30.1 Å². The summed E-state index contributed by atoms with van der Waals surface area (Å²) in [6.07, 6.45) is 32.9. The lowest BCUT2D eigenvalue weighted by atomic mass is 10.2. The number of para-hydroxylation sites is 1. The Hall–Kier alpha value is -3.60. The van der Waals surface area contributed by atoms with Gasteiger partial charge in [0.1, 0.15) is 5.75 Å². The van der Waals surface area contributed by atoms with Crippen LogP contribution in [0.4, 0.5) is 0 Å². The summed E-state index contributed by atoms with van der Waals surface area (Å²) in [4.78, 5) is 25.9. The monoisotopic (exact) mass is 504 g/mol. The van der Waals surface area contributed by atoms with Gasteiger partial charge in [0.25, 0.3) is 5.91 Å². The van der Waals surface area contributed by atoms with Crippen LogP contribution >= 0.6 is 0 Å². The maximum Gasteiger partial charge on any atom is 0.255 e. The van der Waals surface area contributed by atoms with Gasteiger partial charge in [-0.1, -0.05) is 92.0 Å². The molecule has 1 rings (SSSR count). The molecule has 2 amide bonds. The summed E-state index contributed by atoms with van der Waals surface area (Å²) in [5.74, 6) is -0.367. The Morgan fingerprint density at radius 1 is 0.784 bits per heavy atom. The van der Waals surface area contributed by atoms with E-state index in [4.69, 9.17) is 0 Å². The van der Waals surface area contributed by atoms with E-state index >= 15 is 0 Å².